The van der Waals surface area contributed by atoms with Gasteiger partial charge in [-0.05, 0) is 43.7 Å². The molecular weight excluding hydrogens is 252 g/mol. The fourth-order valence-electron chi connectivity index (χ4n) is 1.71. The second kappa shape index (κ2) is 6.16. The molecule has 0 aliphatic heterocycles. The summed E-state index contributed by atoms with van der Waals surface area (Å²) in [5, 5.41) is 5.47. The number of amides is 2. The minimum atomic E-state index is -0.302. The Morgan fingerprint density at radius 1 is 1.10 bits per heavy atom. The molecule has 2 aromatic rings. The maximum atomic E-state index is 11.8. The van der Waals surface area contributed by atoms with E-state index < -0.39 is 0 Å². The number of hydrogen-bond donors (Lipinski definition) is 3. The van der Waals surface area contributed by atoms with Crippen molar-refractivity contribution in [3.05, 3.63) is 53.9 Å². The Balaban J connectivity index is 1.95. The van der Waals surface area contributed by atoms with Crippen molar-refractivity contribution >= 4 is 17.4 Å². The molecule has 1 heterocycles. The minimum Gasteiger partial charge on any atom is -0.324 e. The fourth-order valence-corrected chi connectivity index (χ4v) is 1.71. The van der Waals surface area contributed by atoms with Crippen molar-refractivity contribution in [2.24, 2.45) is 5.73 Å². The van der Waals surface area contributed by atoms with Gasteiger partial charge >= 0.3 is 6.03 Å². The fraction of sp³-hybridized carbons (Fsp3) is 0.200. The summed E-state index contributed by atoms with van der Waals surface area (Å²) in [5.41, 5.74) is 9.07. The molecule has 0 spiro atoms. The maximum Gasteiger partial charge on any atom is 0.323 e. The van der Waals surface area contributed by atoms with Gasteiger partial charge in [-0.1, -0.05) is 12.1 Å². The van der Waals surface area contributed by atoms with E-state index in [4.69, 9.17) is 5.73 Å². The molecule has 104 valence electrons. The number of benzene rings is 1. The molecule has 5 nitrogen and oxygen atoms in total. The van der Waals surface area contributed by atoms with E-state index >= 15 is 0 Å². The molecule has 1 unspecified atom stereocenters. The van der Waals surface area contributed by atoms with Gasteiger partial charge in [0.1, 0.15) is 0 Å². The summed E-state index contributed by atoms with van der Waals surface area (Å²) in [6, 6.07) is 10.8. The first-order chi connectivity index (χ1) is 9.54. The van der Waals surface area contributed by atoms with Gasteiger partial charge in [0.2, 0.25) is 0 Å². The van der Waals surface area contributed by atoms with Crippen LogP contribution in [0.5, 0.6) is 0 Å². The molecule has 0 aliphatic rings. The van der Waals surface area contributed by atoms with Crippen molar-refractivity contribution in [1.29, 1.82) is 0 Å². The first-order valence-electron chi connectivity index (χ1n) is 6.41. The number of rotatable bonds is 3. The summed E-state index contributed by atoms with van der Waals surface area (Å²) in [7, 11) is 0. The van der Waals surface area contributed by atoms with Gasteiger partial charge in [-0.3, -0.25) is 4.98 Å². The first kappa shape index (κ1) is 14.0. The lowest BCUT2D eigenvalue weighted by Gasteiger charge is -2.09. The number of urea groups is 1. The van der Waals surface area contributed by atoms with Crippen LogP contribution in [-0.2, 0) is 0 Å². The average molecular weight is 270 g/mol. The predicted molar refractivity (Wildman–Crippen MR) is 80.7 cm³/mol. The number of carbonyl (C=O) groups is 1. The van der Waals surface area contributed by atoms with Crippen molar-refractivity contribution in [1.82, 2.24) is 4.98 Å². The van der Waals surface area contributed by atoms with Crippen molar-refractivity contribution in [2.45, 2.75) is 19.9 Å². The van der Waals surface area contributed by atoms with Gasteiger partial charge in [0.05, 0.1) is 11.9 Å². The molecule has 1 aromatic carbocycles. The lowest BCUT2D eigenvalue weighted by atomic mass is 10.1. The Bertz CT molecular complexity index is 576. The molecule has 1 aromatic heterocycles. The molecule has 0 saturated carbocycles. The number of pyridine rings is 1. The molecule has 5 heteroatoms. The summed E-state index contributed by atoms with van der Waals surface area (Å²) in [5.74, 6) is 0. The number of aromatic nitrogens is 1. The van der Waals surface area contributed by atoms with Gasteiger partial charge in [0, 0.05) is 17.4 Å². The van der Waals surface area contributed by atoms with Gasteiger partial charge in [0.15, 0.2) is 0 Å². The summed E-state index contributed by atoms with van der Waals surface area (Å²) in [6.45, 7) is 3.81. The molecule has 2 rings (SSSR count). The zero-order valence-electron chi connectivity index (χ0n) is 11.6. The second-order valence-corrected chi connectivity index (χ2v) is 4.68. The van der Waals surface area contributed by atoms with Crippen LogP contribution in [0.2, 0.25) is 0 Å². The Morgan fingerprint density at radius 3 is 2.25 bits per heavy atom. The van der Waals surface area contributed by atoms with E-state index in [1.165, 1.54) is 0 Å². The van der Waals surface area contributed by atoms with Gasteiger partial charge in [0.25, 0.3) is 0 Å². The molecular formula is C15H18N4O. The number of nitrogens with zero attached hydrogens (tertiary/aromatic N) is 1. The molecule has 0 bridgehead atoms. The third kappa shape index (κ3) is 3.80. The summed E-state index contributed by atoms with van der Waals surface area (Å²) < 4.78 is 0. The third-order valence-electron chi connectivity index (χ3n) is 2.86. The van der Waals surface area contributed by atoms with Crippen molar-refractivity contribution in [3.8, 4) is 0 Å². The van der Waals surface area contributed by atoms with Crippen LogP contribution in [0.15, 0.2) is 42.6 Å². The summed E-state index contributed by atoms with van der Waals surface area (Å²) >= 11 is 0. The Kier molecular flexibility index (Phi) is 4.32. The Labute approximate surface area is 118 Å². The maximum absolute atomic E-state index is 11.8. The number of hydrogen-bond acceptors (Lipinski definition) is 3. The molecule has 2 amide bonds. The quantitative estimate of drug-likeness (QED) is 0.802. The van der Waals surface area contributed by atoms with Gasteiger partial charge < -0.3 is 16.4 Å². The van der Waals surface area contributed by atoms with Gasteiger partial charge in [-0.15, -0.1) is 0 Å². The van der Waals surface area contributed by atoms with Crippen molar-refractivity contribution < 1.29 is 4.79 Å². The van der Waals surface area contributed by atoms with Crippen molar-refractivity contribution in [2.75, 3.05) is 10.6 Å². The smallest absolute Gasteiger partial charge is 0.323 e. The Hall–Kier alpha value is -2.40. The molecule has 20 heavy (non-hydrogen) atoms. The lowest BCUT2D eigenvalue weighted by Crippen LogP contribution is -2.19. The highest BCUT2D eigenvalue weighted by molar-refractivity contribution is 5.99. The molecule has 4 N–H and O–H groups in total. The lowest BCUT2D eigenvalue weighted by molar-refractivity contribution is 0.262. The number of anilines is 2. The monoisotopic (exact) mass is 270 g/mol. The highest BCUT2D eigenvalue weighted by atomic mass is 16.2. The second-order valence-electron chi connectivity index (χ2n) is 4.68. The number of nitrogens with two attached hydrogens (primary N) is 1. The minimum absolute atomic E-state index is 0.0171. The van der Waals surface area contributed by atoms with Crippen LogP contribution < -0.4 is 16.4 Å². The standard InChI is InChI=1S/C15H18N4O/c1-10-3-6-14(9-17-10)19-15(20)18-13-7-4-12(5-8-13)11(2)16/h3-9,11H,16H2,1-2H3,(H2,18,19,20). The number of carbonyl (C=O) groups excluding carboxylic acids is 1. The van der Waals surface area contributed by atoms with Crippen LogP contribution in [0, 0.1) is 6.92 Å². The van der Waals surface area contributed by atoms with E-state index in [2.05, 4.69) is 15.6 Å². The van der Waals surface area contributed by atoms with Crippen LogP contribution >= 0.6 is 0 Å². The molecule has 0 aliphatic carbocycles. The zero-order chi connectivity index (χ0) is 14.5. The van der Waals surface area contributed by atoms with E-state index in [1.807, 2.05) is 44.2 Å². The largest absolute Gasteiger partial charge is 0.324 e. The van der Waals surface area contributed by atoms with Crippen LogP contribution in [0.25, 0.3) is 0 Å². The van der Waals surface area contributed by atoms with Gasteiger partial charge in [-0.25, -0.2) is 4.79 Å². The van der Waals surface area contributed by atoms with E-state index in [1.54, 1.807) is 12.3 Å². The number of aryl methyl sites for hydroxylation is 1. The summed E-state index contributed by atoms with van der Waals surface area (Å²) in [4.78, 5) is 15.9. The van der Waals surface area contributed by atoms with Crippen LogP contribution in [-0.4, -0.2) is 11.0 Å². The topological polar surface area (TPSA) is 80.0 Å². The first-order valence-corrected chi connectivity index (χ1v) is 6.41. The van der Waals surface area contributed by atoms with Gasteiger partial charge in [-0.2, -0.15) is 0 Å². The highest BCUT2D eigenvalue weighted by Gasteiger charge is 2.04. The van der Waals surface area contributed by atoms with Crippen LogP contribution in [0.3, 0.4) is 0 Å². The SMILES string of the molecule is Cc1ccc(NC(=O)Nc2ccc(C(C)N)cc2)cn1. The average Bonchev–Trinajstić information content (AvgIpc) is 2.42. The van der Waals surface area contributed by atoms with Crippen LogP contribution in [0.1, 0.15) is 24.2 Å². The molecule has 0 saturated heterocycles. The van der Waals surface area contributed by atoms with Crippen molar-refractivity contribution in [3.63, 3.8) is 0 Å². The van der Waals surface area contributed by atoms with E-state index in [0.29, 0.717) is 11.4 Å². The Morgan fingerprint density at radius 2 is 1.70 bits per heavy atom. The van der Waals surface area contributed by atoms with E-state index in [-0.39, 0.29) is 12.1 Å². The molecule has 0 fully saturated rings. The third-order valence-corrected chi connectivity index (χ3v) is 2.86. The molecule has 0 radical (unpaired) electrons. The van der Waals surface area contributed by atoms with E-state index in [9.17, 15) is 4.79 Å². The summed E-state index contributed by atoms with van der Waals surface area (Å²) in [6.07, 6.45) is 1.62. The molecule has 1 atom stereocenters. The predicted octanol–water partition coefficient (Wildman–Crippen LogP) is 3.05. The zero-order valence-corrected chi connectivity index (χ0v) is 11.6. The normalized spacial score (nSPS) is 11.8. The van der Waals surface area contributed by atoms with Crippen LogP contribution in [0.4, 0.5) is 16.2 Å². The van der Waals surface area contributed by atoms with E-state index in [0.717, 1.165) is 11.3 Å². The highest BCUT2D eigenvalue weighted by Crippen LogP contribution is 2.14. The number of nitrogens with one attached hydrogen (secondary N) is 2.